The number of amides is 1. The molecule has 0 bridgehead atoms. The lowest BCUT2D eigenvalue weighted by Gasteiger charge is -2.19. The fourth-order valence-electron chi connectivity index (χ4n) is 1.89. The second kappa shape index (κ2) is 5.40. The third-order valence-corrected chi connectivity index (χ3v) is 3.09. The molecule has 0 saturated heterocycles. The SMILES string of the molecule is CC(C)(C)OC(=O)Nc1[nH]c2cc(Br)ccc2c1C(=O)O. The Bertz CT molecular complexity index is 716. The molecule has 1 heterocycles. The number of aromatic carboxylic acids is 1. The minimum atomic E-state index is -1.13. The van der Waals surface area contributed by atoms with Crippen molar-refractivity contribution in [2.45, 2.75) is 26.4 Å². The number of carbonyl (C=O) groups excluding carboxylic acids is 1. The van der Waals surface area contributed by atoms with Crippen molar-refractivity contribution < 1.29 is 19.4 Å². The predicted molar refractivity (Wildman–Crippen MR) is 82.8 cm³/mol. The summed E-state index contributed by atoms with van der Waals surface area (Å²) in [5, 5.41) is 12.3. The van der Waals surface area contributed by atoms with Crippen molar-refractivity contribution in [3.63, 3.8) is 0 Å². The van der Waals surface area contributed by atoms with Gasteiger partial charge in [-0.3, -0.25) is 5.32 Å². The standard InChI is InChI=1S/C14H15BrN2O4/c1-14(2,3)21-13(20)17-11-10(12(18)19)8-5-4-7(15)6-9(8)16-11/h4-6,16H,1-3H3,(H,17,20)(H,18,19). The maximum Gasteiger partial charge on any atom is 0.413 e. The van der Waals surface area contributed by atoms with Crippen LogP contribution in [-0.4, -0.2) is 27.8 Å². The highest BCUT2D eigenvalue weighted by Crippen LogP contribution is 2.29. The van der Waals surface area contributed by atoms with Gasteiger partial charge in [0.25, 0.3) is 0 Å². The summed E-state index contributed by atoms with van der Waals surface area (Å²) in [5.41, 5.74) is -0.0566. The summed E-state index contributed by atoms with van der Waals surface area (Å²) < 4.78 is 5.93. The smallest absolute Gasteiger partial charge is 0.413 e. The monoisotopic (exact) mass is 354 g/mol. The van der Waals surface area contributed by atoms with Gasteiger partial charge in [-0.1, -0.05) is 22.0 Å². The van der Waals surface area contributed by atoms with Gasteiger partial charge in [0.1, 0.15) is 17.0 Å². The van der Waals surface area contributed by atoms with Crippen molar-refractivity contribution >= 4 is 44.7 Å². The first kappa shape index (κ1) is 15.4. The number of aromatic amines is 1. The summed E-state index contributed by atoms with van der Waals surface area (Å²) >= 11 is 3.31. The van der Waals surface area contributed by atoms with Crippen LogP contribution in [0.15, 0.2) is 22.7 Å². The maximum absolute atomic E-state index is 11.8. The van der Waals surface area contributed by atoms with Crippen LogP contribution in [0.4, 0.5) is 10.6 Å². The van der Waals surface area contributed by atoms with Crippen LogP contribution in [-0.2, 0) is 4.74 Å². The first-order valence-electron chi connectivity index (χ1n) is 6.22. The number of ether oxygens (including phenoxy) is 1. The molecular weight excluding hydrogens is 340 g/mol. The molecule has 0 radical (unpaired) electrons. The molecule has 1 aromatic heterocycles. The van der Waals surface area contributed by atoms with E-state index in [4.69, 9.17) is 4.74 Å². The molecule has 0 unspecified atom stereocenters. The molecule has 0 aliphatic rings. The number of hydrogen-bond acceptors (Lipinski definition) is 3. The topological polar surface area (TPSA) is 91.4 Å². The van der Waals surface area contributed by atoms with Crippen LogP contribution in [0.25, 0.3) is 10.9 Å². The van der Waals surface area contributed by atoms with E-state index in [0.29, 0.717) is 10.9 Å². The van der Waals surface area contributed by atoms with Crippen molar-refractivity contribution in [3.05, 3.63) is 28.2 Å². The molecule has 21 heavy (non-hydrogen) atoms. The average Bonchev–Trinajstić information content (AvgIpc) is 2.62. The minimum absolute atomic E-state index is 0.00311. The Morgan fingerprint density at radius 1 is 1.33 bits per heavy atom. The average molecular weight is 355 g/mol. The molecule has 0 aliphatic heterocycles. The molecule has 6 nitrogen and oxygen atoms in total. The van der Waals surface area contributed by atoms with Crippen LogP contribution in [0.3, 0.4) is 0 Å². The summed E-state index contributed by atoms with van der Waals surface area (Å²) in [5.74, 6) is -1.03. The number of aromatic nitrogens is 1. The lowest BCUT2D eigenvalue weighted by molar-refractivity contribution is 0.0635. The lowest BCUT2D eigenvalue weighted by Crippen LogP contribution is -2.27. The fourth-order valence-corrected chi connectivity index (χ4v) is 2.25. The molecular formula is C14H15BrN2O4. The van der Waals surface area contributed by atoms with E-state index in [-0.39, 0.29) is 11.4 Å². The number of carboxylic acids is 1. The fraction of sp³-hybridized carbons (Fsp3) is 0.286. The number of anilines is 1. The van der Waals surface area contributed by atoms with E-state index < -0.39 is 17.7 Å². The van der Waals surface area contributed by atoms with E-state index in [1.807, 2.05) is 0 Å². The second-order valence-electron chi connectivity index (χ2n) is 5.50. The molecule has 7 heteroatoms. The number of halogens is 1. The molecule has 2 aromatic rings. The highest BCUT2D eigenvalue weighted by atomic mass is 79.9. The minimum Gasteiger partial charge on any atom is -0.478 e. The van der Waals surface area contributed by atoms with Crippen molar-refractivity contribution in [2.75, 3.05) is 5.32 Å². The molecule has 0 atom stereocenters. The maximum atomic E-state index is 11.8. The molecule has 0 spiro atoms. The third-order valence-electron chi connectivity index (χ3n) is 2.60. The van der Waals surface area contributed by atoms with Gasteiger partial charge in [0, 0.05) is 15.4 Å². The molecule has 3 N–H and O–H groups in total. The zero-order valence-electron chi connectivity index (χ0n) is 11.8. The number of H-pyrrole nitrogens is 1. The first-order chi connectivity index (χ1) is 9.67. The lowest BCUT2D eigenvalue weighted by atomic mass is 10.1. The van der Waals surface area contributed by atoms with E-state index in [2.05, 4.69) is 26.2 Å². The molecule has 1 amide bonds. The normalized spacial score (nSPS) is 11.4. The molecule has 2 rings (SSSR count). The number of nitrogens with one attached hydrogen (secondary N) is 2. The number of fused-ring (bicyclic) bond motifs is 1. The highest BCUT2D eigenvalue weighted by Gasteiger charge is 2.22. The number of benzene rings is 1. The summed E-state index contributed by atoms with van der Waals surface area (Å²) in [6.45, 7) is 5.19. The Kier molecular flexibility index (Phi) is 3.95. The Hall–Kier alpha value is -2.02. The van der Waals surface area contributed by atoms with Gasteiger partial charge in [0.15, 0.2) is 0 Å². The summed E-state index contributed by atoms with van der Waals surface area (Å²) in [7, 11) is 0. The number of hydrogen-bond donors (Lipinski definition) is 3. The Morgan fingerprint density at radius 3 is 2.57 bits per heavy atom. The van der Waals surface area contributed by atoms with Crippen molar-refractivity contribution in [1.82, 2.24) is 4.98 Å². The molecule has 0 aliphatic carbocycles. The van der Waals surface area contributed by atoms with Gasteiger partial charge in [0.2, 0.25) is 0 Å². The quantitative estimate of drug-likeness (QED) is 0.760. The second-order valence-corrected chi connectivity index (χ2v) is 6.41. The largest absolute Gasteiger partial charge is 0.478 e. The van der Waals surface area contributed by atoms with Crippen LogP contribution >= 0.6 is 15.9 Å². The van der Waals surface area contributed by atoms with Crippen LogP contribution in [0.5, 0.6) is 0 Å². The van der Waals surface area contributed by atoms with E-state index in [0.717, 1.165) is 4.47 Å². The van der Waals surface area contributed by atoms with Gasteiger partial charge >= 0.3 is 12.1 Å². The Balaban J connectivity index is 2.41. The van der Waals surface area contributed by atoms with Gasteiger partial charge in [-0.25, -0.2) is 9.59 Å². The van der Waals surface area contributed by atoms with Crippen LogP contribution in [0, 0.1) is 0 Å². The van der Waals surface area contributed by atoms with Gasteiger partial charge in [-0.05, 0) is 32.9 Å². The molecule has 0 saturated carbocycles. The molecule has 112 valence electrons. The highest BCUT2D eigenvalue weighted by molar-refractivity contribution is 9.10. The zero-order valence-corrected chi connectivity index (χ0v) is 13.4. The van der Waals surface area contributed by atoms with E-state index in [1.165, 1.54) is 0 Å². The molecule has 0 fully saturated rings. The summed E-state index contributed by atoms with van der Waals surface area (Å²) in [6.07, 6.45) is -0.712. The van der Waals surface area contributed by atoms with Crippen molar-refractivity contribution in [2.24, 2.45) is 0 Å². The first-order valence-corrected chi connectivity index (χ1v) is 7.01. The zero-order chi connectivity index (χ0) is 15.8. The molecule has 1 aromatic carbocycles. The van der Waals surface area contributed by atoms with Crippen molar-refractivity contribution in [3.8, 4) is 0 Å². The van der Waals surface area contributed by atoms with E-state index >= 15 is 0 Å². The van der Waals surface area contributed by atoms with Crippen molar-refractivity contribution in [1.29, 1.82) is 0 Å². The Morgan fingerprint density at radius 2 is 2.00 bits per heavy atom. The predicted octanol–water partition coefficient (Wildman–Crippen LogP) is 3.98. The third kappa shape index (κ3) is 3.55. The van der Waals surface area contributed by atoms with Crippen LogP contribution < -0.4 is 5.32 Å². The van der Waals surface area contributed by atoms with Gasteiger partial charge < -0.3 is 14.8 Å². The van der Waals surface area contributed by atoms with Crippen LogP contribution in [0.2, 0.25) is 0 Å². The number of rotatable bonds is 2. The van der Waals surface area contributed by atoms with E-state index in [1.54, 1.807) is 39.0 Å². The van der Waals surface area contributed by atoms with E-state index in [9.17, 15) is 14.7 Å². The summed E-state index contributed by atoms with van der Waals surface area (Å²) in [6, 6.07) is 5.14. The number of carboxylic acid groups (broad SMARTS) is 1. The Labute approximate surface area is 129 Å². The number of carbonyl (C=O) groups is 2. The van der Waals surface area contributed by atoms with Gasteiger partial charge in [-0.15, -0.1) is 0 Å². The van der Waals surface area contributed by atoms with Crippen LogP contribution in [0.1, 0.15) is 31.1 Å². The van der Waals surface area contributed by atoms with Gasteiger partial charge in [-0.2, -0.15) is 0 Å². The summed E-state index contributed by atoms with van der Waals surface area (Å²) in [4.78, 5) is 26.1. The van der Waals surface area contributed by atoms with Gasteiger partial charge in [0.05, 0.1) is 0 Å².